The van der Waals surface area contributed by atoms with E-state index < -0.39 is 6.04 Å². The van der Waals surface area contributed by atoms with Gasteiger partial charge in [0.15, 0.2) is 6.19 Å². The number of anilines is 1. The molecule has 3 aromatic carbocycles. The fraction of sp³-hybridized carbons (Fsp3) is 0.294. The van der Waals surface area contributed by atoms with Crippen LogP contribution in [0.1, 0.15) is 36.1 Å². The Kier molecular flexibility index (Phi) is 9.70. The summed E-state index contributed by atoms with van der Waals surface area (Å²) in [6, 6.07) is 26.8. The molecule has 5 rings (SSSR count). The van der Waals surface area contributed by atoms with Crippen molar-refractivity contribution in [2.75, 3.05) is 25.0 Å². The number of aliphatic imine (C=N–C) groups is 1. The summed E-state index contributed by atoms with van der Waals surface area (Å²) < 4.78 is 5.65. The maximum Gasteiger partial charge on any atom is 0.247 e. The van der Waals surface area contributed by atoms with E-state index in [1.807, 2.05) is 90.8 Å². The van der Waals surface area contributed by atoms with E-state index in [4.69, 9.17) is 4.42 Å². The normalized spacial score (nSPS) is 15.5. The van der Waals surface area contributed by atoms with Crippen LogP contribution in [0.5, 0.6) is 0 Å². The lowest BCUT2D eigenvalue weighted by atomic mass is 10.1. The first-order chi connectivity index (χ1) is 21.0. The summed E-state index contributed by atoms with van der Waals surface area (Å²) in [6.45, 7) is 3.37. The molecule has 9 heteroatoms. The summed E-state index contributed by atoms with van der Waals surface area (Å²) in [6.07, 6.45) is 4.72. The Morgan fingerprint density at radius 3 is 2.53 bits per heavy atom. The van der Waals surface area contributed by atoms with E-state index in [0.29, 0.717) is 31.7 Å². The minimum absolute atomic E-state index is 0.0164. The van der Waals surface area contributed by atoms with Crippen LogP contribution in [0.25, 0.3) is 11.0 Å². The molecule has 1 aliphatic heterocycles. The highest BCUT2D eigenvalue weighted by molar-refractivity contribution is 5.98. The molecule has 0 spiro atoms. The Hall–Kier alpha value is -5.10. The molecule has 1 aromatic heterocycles. The summed E-state index contributed by atoms with van der Waals surface area (Å²) in [5.41, 5.74) is 3.66. The van der Waals surface area contributed by atoms with Gasteiger partial charge in [0.25, 0.3) is 0 Å². The van der Waals surface area contributed by atoms with Crippen molar-refractivity contribution >= 4 is 34.4 Å². The van der Waals surface area contributed by atoms with Crippen molar-refractivity contribution in [2.24, 2.45) is 4.99 Å². The van der Waals surface area contributed by atoms with Gasteiger partial charge in [0, 0.05) is 30.7 Å². The summed E-state index contributed by atoms with van der Waals surface area (Å²) in [5.74, 6) is 0.669. The minimum Gasteiger partial charge on any atom is -0.461 e. The van der Waals surface area contributed by atoms with Gasteiger partial charge >= 0.3 is 0 Å². The quantitative estimate of drug-likeness (QED) is 0.122. The maximum atomic E-state index is 13.7. The van der Waals surface area contributed by atoms with Gasteiger partial charge in [-0.1, -0.05) is 60.7 Å². The van der Waals surface area contributed by atoms with Crippen LogP contribution >= 0.6 is 0 Å². The molecule has 1 saturated heterocycles. The highest BCUT2D eigenvalue weighted by Crippen LogP contribution is 2.23. The van der Waals surface area contributed by atoms with Crippen LogP contribution in [0.2, 0.25) is 0 Å². The number of amides is 2. The van der Waals surface area contributed by atoms with E-state index in [0.717, 1.165) is 47.1 Å². The highest BCUT2D eigenvalue weighted by atomic mass is 16.3. The van der Waals surface area contributed by atoms with Crippen molar-refractivity contribution in [3.8, 4) is 6.19 Å². The number of guanidine groups is 1. The molecule has 0 unspecified atom stereocenters. The minimum atomic E-state index is -0.717. The summed E-state index contributed by atoms with van der Waals surface area (Å²) in [5, 5.41) is 16.0. The zero-order chi connectivity index (χ0) is 30.0. The number of nitriles is 1. The van der Waals surface area contributed by atoms with Crippen molar-refractivity contribution in [2.45, 2.75) is 45.2 Å². The van der Waals surface area contributed by atoms with Crippen LogP contribution in [-0.4, -0.2) is 53.2 Å². The van der Waals surface area contributed by atoms with Crippen LogP contribution < -0.4 is 10.6 Å². The molecule has 2 amide bonds. The topological polar surface area (TPSA) is 114 Å². The average Bonchev–Trinajstić information content (AvgIpc) is 3.31. The second kappa shape index (κ2) is 14.2. The monoisotopic (exact) mass is 576 g/mol. The third-order valence-electron chi connectivity index (χ3n) is 7.52. The second-order valence-corrected chi connectivity index (χ2v) is 10.8. The van der Waals surface area contributed by atoms with Gasteiger partial charge in [-0.25, -0.2) is 4.99 Å². The number of carbonyl (C=O) groups excluding carboxylic acids is 2. The zero-order valence-electron chi connectivity index (χ0n) is 24.3. The van der Waals surface area contributed by atoms with Crippen LogP contribution in [0.4, 0.5) is 5.69 Å². The van der Waals surface area contributed by atoms with E-state index in [-0.39, 0.29) is 24.3 Å². The van der Waals surface area contributed by atoms with Crippen molar-refractivity contribution in [1.82, 2.24) is 15.1 Å². The standard InChI is InChI=1S/C34H36N6O3/c1-25-20-28-21-29(15-16-31(28)43-25)37-34(36-24-35)38-30-14-8-9-18-40(33(30)42)23-32(41)39(22-27-12-6-3-7-13-27)19-17-26-10-4-2-5-11-26/h2-7,10-13,15-16,20-21,30H,8-9,14,17-19,22-23H2,1H3,(H2,36,37,38)/t30-/m0/s1. The molecule has 4 aromatic rings. The SMILES string of the molecule is Cc1cc2cc(NC(=N[C@H]3CCCCN(CC(=O)N(CCc4ccccc4)Cc4ccccc4)C3=O)NC#N)ccc2o1. The third kappa shape index (κ3) is 8.01. The van der Waals surface area contributed by atoms with Gasteiger partial charge in [-0.05, 0) is 68.0 Å². The van der Waals surface area contributed by atoms with Crippen LogP contribution in [0.3, 0.4) is 0 Å². The Bertz CT molecular complexity index is 1610. The zero-order valence-corrected chi connectivity index (χ0v) is 24.3. The number of fused-ring (bicyclic) bond motifs is 1. The van der Waals surface area contributed by atoms with Crippen molar-refractivity contribution in [3.05, 3.63) is 102 Å². The van der Waals surface area contributed by atoms with E-state index in [9.17, 15) is 14.9 Å². The third-order valence-corrected chi connectivity index (χ3v) is 7.52. The predicted octanol–water partition coefficient (Wildman–Crippen LogP) is 5.23. The number of hydrogen-bond donors (Lipinski definition) is 2. The number of furan rings is 1. The number of rotatable bonds is 9. The molecule has 0 aliphatic carbocycles. The van der Waals surface area contributed by atoms with Crippen LogP contribution in [0.15, 0.2) is 94.3 Å². The van der Waals surface area contributed by atoms with Crippen molar-refractivity contribution in [1.29, 1.82) is 5.26 Å². The lowest BCUT2D eigenvalue weighted by Crippen LogP contribution is -2.46. The summed E-state index contributed by atoms with van der Waals surface area (Å²) in [7, 11) is 0. The molecule has 1 aliphatic rings. The first-order valence-electron chi connectivity index (χ1n) is 14.6. The van der Waals surface area contributed by atoms with Gasteiger partial charge in [0.2, 0.25) is 17.8 Å². The lowest BCUT2D eigenvalue weighted by Gasteiger charge is -2.28. The largest absolute Gasteiger partial charge is 0.461 e. The van der Waals surface area contributed by atoms with Gasteiger partial charge in [0.1, 0.15) is 17.4 Å². The molecule has 0 radical (unpaired) electrons. The molecule has 0 bridgehead atoms. The van der Waals surface area contributed by atoms with E-state index >= 15 is 0 Å². The number of likely N-dealkylation sites (tertiary alicyclic amines) is 1. The number of hydrogen-bond acceptors (Lipinski definition) is 5. The lowest BCUT2D eigenvalue weighted by molar-refractivity contribution is -0.141. The molecular formula is C34H36N6O3. The Morgan fingerprint density at radius 2 is 1.79 bits per heavy atom. The molecular weight excluding hydrogens is 540 g/mol. The number of aryl methyl sites for hydroxylation is 1. The molecule has 1 fully saturated rings. The predicted molar refractivity (Wildman–Crippen MR) is 167 cm³/mol. The maximum absolute atomic E-state index is 13.7. The van der Waals surface area contributed by atoms with Gasteiger partial charge in [0.05, 0.1) is 6.54 Å². The molecule has 9 nitrogen and oxygen atoms in total. The fourth-order valence-electron chi connectivity index (χ4n) is 5.32. The molecule has 1 atom stereocenters. The van der Waals surface area contributed by atoms with Gasteiger partial charge in [-0.3, -0.25) is 14.9 Å². The number of benzene rings is 3. The van der Waals surface area contributed by atoms with Gasteiger partial charge in [-0.2, -0.15) is 5.26 Å². The van der Waals surface area contributed by atoms with Gasteiger partial charge in [-0.15, -0.1) is 0 Å². The number of nitrogens with one attached hydrogen (secondary N) is 2. The molecule has 2 heterocycles. The molecule has 2 N–H and O–H groups in total. The molecule has 43 heavy (non-hydrogen) atoms. The number of carbonyl (C=O) groups is 2. The van der Waals surface area contributed by atoms with Crippen molar-refractivity contribution < 1.29 is 14.0 Å². The fourth-order valence-corrected chi connectivity index (χ4v) is 5.32. The molecule has 0 saturated carbocycles. The Morgan fingerprint density at radius 1 is 1.05 bits per heavy atom. The number of nitrogens with zero attached hydrogens (tertiary/aromatic N) is 4. The van der Waals surface area contributed by atoms with Gasteiger partial charge < -0.3 is 19.5 Å². The Balaban J connectivity index is 1.30. The Labute approximate surface area is 251 Å². The van der Waals surface area contributed by atoms with E-state index in [2.05, 4.69) is 27.8 Å². The summed E-state index contributed by atoms with van der Waals surface area (Å²) in [4.78, 5) is 35.5. The average molecular weight is 577 g/mol. The molecule has 220 valence electrons. The van der Waals surface area contributed by atoms with Crippen LogP contribution in [0, 0.1) is 18.4 Å². The first kappa shape index (κ1) is 29.4. The van der Waals surface area contributed by atoms with E-state index in [1.54, 1.807) is 4.90 Å². The van der Waals surface area contributed by atoms with Crippen LogP contribution in [-0.2, 0) is 22.6 Å². The van der Waals surface area contributed by atoms with Crippen molar-refractivity contribution in [3.63, 3.8) is 0 Å². The highest BCUT2D eigenvalue weighted by Gasteiger charge is 2.30. The van der Waals surface area contributed by atoms with E-state index in [1.165, 1.54) is 0 Å². The summed E-state index contributed by atoms with van der Waals surface area (Å²) >= 11 is 0. The smallest absolute Gasteiger partial charge is 0.247 e. The first-order valence-corrected chi connectivity index (χ1v) is 14.6. The second-order valence-electron chi connectivity index (χ2n) is 10.8.